The maximum atomic E-state index is 8.94. The predicted octanol–water partition coefficient (Wildman–Crippen LogP) is 1.30. The van der Waals surface area contributed by atoms with Crippen LogP contribution >= 0.6 is 0 Å². The molecular weight excluding hydrogens is 208 g/mol. The van der Waals surface area contributed by atoms with E-state index >= 15 is 0 Å². The van der Waals surface area contributed by atoms with Crippen molar-refractivity contribution in [1.29, 1.82) is 0 Å². The highest BCUT2D eigenvalue weighted by atomic mass is 16.7. The van der Waals surface area contributed by atoms with Gasteiger partial charge in [-0.15, -0.1) is 0 Å². The van der Waals surface area contributed by atoms with Crippen molar-refractivity contribution in [2.45, 2.75) is 6.61 Å². The summed E-state index contributed by atoms with van der Waals surface area (Å²) < 4.78 is 10.5. The quantitative estimate of drug-likeness (QED) is 0.797. The normalized spacial score (nSPS) is 13.1. The monoisotopic (exact) mass is 218 g/mol. The molecule has 5 nitrogen and oxygen atoms in total. The standard InChI is InChI=1S/C11H10N2O3/c14-5-8-4-12-11(13-8)7-1-2-9-10(3-7)16-6-15-9/h1-4,14H,5-6H2,(H,12,13). The predicted molar refractivity (Wildman–Crippen MR) is 56.1 cm³/mol. The van der Waals surface area contributed by atoms with Gasteiger partial charge >= 0.3 is 0 Å². The minimum absolute atomic E-state index is 0.0441. The highest BCUT2D eigenvalue weighted by Gasteiger charge is 2.14. The summed E-state index contributed by atoms with van der Waals surface area (Å²) in [5.41, 5.74) is 1.59. The average Bonchev–Trinajstić information content (AvgIpc) is 2.96. The Kier molecular flexibility index (Phi) is 2.04. The van der Waals surface area contributed by atoms with Gasteiger partial charge in [-0.05, 0) is 18.2 Å². The first-order valence-corrected chi connectivity index (χ1v) is 4.91. The van der Waals surface area contributed by atoms with E-state index in [2.05, 4.69) is 9.97 Å². The van der Waals surface area contributed by atoms with Crippen molar-refractivity contribution in [3.05, 3.63) is 30.1 Å². The molecule has 1 aliphatic rings. The number of hydrogen-bond acceptors (Lipinski definition) is 4. The third-order valence-corrected chi connectivity index (χ3v) is 2.44. The number of nitrogens with one attached hydrogen (secondary N) is 1. The zero-order valence-electron chi connectivity index (χ0n) is 8.43. The van der Waals surface area contributed by atoms with E-state index in [0.717, 1.165) is 17.1 Å². The van der Waals surface area contributed by atoms with Crippen molar-refractivity contribution in [2.24, 2.45) is 0 Å². The number of rotatable bonds is 2. The molecule has 0 saturated carbocycles. The Bertz CT molecular complexity index is 522. The molecule has 0 spiro atoms. The molecule has 0 saturated heterocycles. The van der Waals surface area contributed by atoms with Crippen LogP contribution in [0.25, 0.3) is 11.4 Å². The summed E-state index contributed by atoms with van der Waals surface area (Å²) in [5, 5.41) is 8.94. The molecule has 16 heavy (non-hydrogen) atoms. The fourth-order valence-electron chi connectivity index (χ4n) is 1.63. The first-order valence-electron chi connectivity index (χ1n) is 4.91. The largest absolute Gasteiger partial charge is 0.454 e. The van der Waals surface area contributed by atoms with Crippen LogP contribution in [0.1, 0.15) is 5.69 Å². The van der Waals surface area contributed by atoms with Gasteiger partial charge in [0.05, 0.1) is 18.5 Å². The number of H-pyrrole nitrogens is 1. The fraction of sp³-hybridized carbons (Fsp3) is 0.182. The van der Waals surface area contributed by atoms with Crippen molar-refractivity contribution in [3.8, 4) is 22.9 Å². The minimum atomic E-state index is -0.0441. The molecule has 1 aromatic heterocycles. The SMILES string of the molecule is OCc1cnc(-c2ccc3c(c2)OCO3)[nH]1. The van der Waals surface area contributed by atoms with E-state index in [0.29, 0.717) is 11.5 Å². The smallest absolute Gasteiger partial charge is 0.231 e. The number of benzene rings is 1. The summed E-state index contributed by atoms with van der Waals surface area (Å²) in [7, 11) is 0. The molecule has 1 aliphatic heterocycles. The molecule has 5 heteroatoms. The van der Waals surface area contributed by atoms with Gasteiger partial charge in [-0.1, -0.05) is 0 Å². The number of aromatic nitrogens is 2. The minimum Gasteiger partial charge on any atom is -0.454 e. The highest BCUT2D eigenvalue weighted by Crippen LogP contribution is 2.34. The van der Waals surface area contributed by atoms with Gasteiger partial charge in [-0.2, -0.15) is 0 Å². The van der Waals surface area contributed by atoms with E-state index in [1.54, 1.807) is 6.20 Å². The molecule has 0 aliphatic carbocycles. The van der Waals surface area contributed by atoms with Crippen molar-refractivity contribution < 1.29 is 14.6 Å². The number of hydrogen-bond donors (Lipinski definition) is 2. The van der Waals surface area contributed by atoms with Gasteiger partial charge < -0.3 is 19.6 Å². The molecule has 82 valence electrons. The molecule has 0 unspecified atom stereocenters. The van der Waals surface area contributed by atoms with Gasteiger partial charge in [-0.25, -0.2) is 4.98 Å². The Hall–Kier alpha value is -2.01. The van der Waals surface area contributed by atoms with Gasteiger partial charge in [0.2, 0.25) is 6.79 Å². The Balaban J connectivity index is 2.00. The van der Waals surface area contributed by atoms with Gasteiger partial charge in [0, 0.05) is 5.56 Å². The van der Waals surface area contributed by atoms with Crippen LogP contribution in [0, 0.1) is 0 Å². The van der Waals surface area contributed by atoms with Crippen molar-refractivity contribution in [3.63, 3.8) is 0 Å². The van der Waals surface area contributed by atoms with Crippen LogP contribution in [0.4, 0.5) is 0 Å². The van der Waals surface area contributed by atoms with Crippen LogP contribution in [0.2, 0.25) is 0 Å². The van der Waals surface area contributed by atoms with Crippen LogP contribution in [-0.2, 0) is 6.61 Å². The molecule has 0 radical (unpaired) electrons. The molecule has 0 atom stereocenters. The Morgan fingerprint density at radius 1 is 1.31 bits per heavy atom. The number of fused-ring (bicyclic) bond motifs is 1. The molecular formula is C11H10N2O3. The van der Waals surface area contributed by atoms with Gasteiger partial charge in [0.1, 0.15) is 5.82 Å². The lowest BCUT2D eigenvalue weighted by Crippen LogP contribution is -1.92. The second-order valence-electron chi connectivity index (χ2n) is 3.48. The van der Waals surface area contributed by atoms with E-state index in [4.69, 9.17) is 14.6 Å². The zero-order valence-corrected chi connectivity index (χ0v) is 8.43. The zero-order chi connectivity index (χ0) is 11.0. The van der Waals surface area contributed by atoms with Gasteiger partial charge in [0.25, 0.3) is 0 Å². The third kappa shape index (κ3) is 1.42. The van der Waals surface area contributed by atoms with Gasteiger partial charge in [-0.3, -0.25) is 0 Å². The summed E-state index contributed by atoms with van der Waals surface area (Å²) in [5.74, 6) is 2.18. The maximum absolute atomic E-state index is 8.94. The van der Waals surface area contributed by atoms with Crippen LogP contribution in [-0.4, -0.2) is 21.9 Å². The summed E-state index contributed by atoms with van der Waals surface area (Å²) in [4.78, 5) is 7.18. The maximum Gasteiger partial charge on any atom is 0.231 e. The van der Waals surface area contributed by atoms with E-state index in [1.165, 1.54) is 0 Å². The lowest BCUT2D eigenvalue weighted by Gasteiger charge is -1.99. The Morgan fingerprint density at radius 2 is 2.19 bits per heavy atom. The first-order chi connectivity index (χ1) is 7.86. The van der Waals surface area contributed by atoms with Crippen molar-refractivity contribution in [2.75, 3.05) is 6.79 Å². The average molecular weight is 218 g/mol. The second kappa shape index (κ2) is 3.53. The van der Waals surface area contributed by atoms with Crippen molar-refractivity contribution >= 4 is 0 Å². The van der Waals surface area contributed by atoms with E-state index in [1.807, 2.05) is 18.2 Å². The Morgan fingerprint density at radius 3 is 3.00 bits per heavy atom. The van der Waals surface area contributed by atoms with Gasteiger partial charge in [0.15, 0.2) is 11.5 Å². The van der Waals surface area contributed by atoms with Crippen LogP contribution in [0.15, 0.2) is 24.4 Å². The fourth-order valence-corrected chi connectivity index (χ4v) is 1.63. The highest BCUT2D eigenvalue weighted by molar-refractivity contribution is 5.61. The number of nitrogens with zero attached hydrogens (tertiary/aromatic N) is 1. The van der Waals surface area contributed by atoms with E-state index in [-0.39, 0.29) is 13.4 Å². The molecule has 1 aromatic carbocycles. The second-order valence-corrected chi connectivity index (χ2v) is 3.48. The first kappa shape index (κ1) is 9.23. The number of aliphatic hydroxyl groups is 1. The van der Waals surface area contributed by atoms with Crippen molar-refractivity contribution in [1.82, 2.24) is 9.97 Å². The summed E-state index contributed by atoms with van der Waals surface area (Å²) in [6, 6.07) is 5.61. The third-order valence-electron chi connectivity index (χ3n) is 2.44. The molecule has 3 rings (SSSR count). The summed E-state index contributed by atoms with van der Waals surface area (Å²) >= 11 is 0. The van der Waals surface area contributed by atoms with E-state index in [9.17, 15) is 0 Å². The van der Waals surface area contributed by atoms with Crippen LogP contribution in [0.3, 0.4) is 0 Å². The molecule has 2 heterocycles. The lowest BCUT2D eigenvalue weighted by atomic mass is 10.2. The number of imidazole rings is 1. The van der Waals surface area contributed by atoms with Crippen LogP contribution < -0.4 is 9.47 Å². The molecule has 0 amide bonds. The Labute approximate surface area is 91.7 Å². The molecule has 2 aromatic rings. The summed E-state index contributed by atoms with van der Waals surface area (Å²) in [6.45, 7) is 0.219. The lowest BCUT2D eigenvalue weighted by molar-refractivity contribution is 0.174. The number of aromatic amines is 1. The van der Waals surface area contributed by atoms with Crippen LogP contribution in [0.5, 0.6) is 11.5 Å². The molecule has 0 fully saturated rings. The molecule has 0 bridgehead atoms. The van der Waals surface area contributed by atoms with E-state index < -0.39 is 0 Å². The number of ether oxygens (including phenoxy) is 2. The molecule has 2 N–H and O–H groups in total. The summed E-state index contributed by atoms with van der Waals surface area (Å²) in [6.07, 6.45) is 1.61. The topological polar surface area (TPSA) is 67.4 Å². The number of aliphatic hydroxyl groups excluding tert-OH is 1.